The van der Waals surface area contributed by atoms with Gasteiger partial charge in [-0.3, -0.25) is 4.79 Å². The first-order valence-electron chi connectivity index (χ1n) is 6.40. The van der Waals surface area contributed by atoms with E-state index in [0.29, 0.717) is 5.92 Å². The van der Waals surface area contributed by atoms with Crippen LogP contribution in [0.3, 0.4) is 0 Å². The maximum Gasteiger partial charge on any atom is 0.253 e. The van der Waals surface area contributed by atoms with Gasteiger partial charge < -0.3 is 10.2 Å². The Kier molecular flexibility index (Phi) is 4.78. The van der Waals surface area contributed by atoms with Gasteiger partial charge in [0.1, 0.15) is 0 Å². The lowest BCUT2D eigenvalue weighted by Crippen LogP contribution is -2.40. The molecule has 0 radical (unpaired) electrons. The molecule has 0 unspecified atom stereocenters. The highest BCUT2D eigenvalue weighted by Gasteiger charge is 2.22. The third kappa shape index (κ3) is 3.33. The van der Waals surface area contributed by atoms with Crippen molar-refractivity contribution in [2.45, 2.75) is 12.8 Å². The molecule has 18 heavy (non-hydrogen) atoms. The van der Waals surface area contributed by atoms with Crippen LogP contribution < -0.4 is 5.32 Å². The predicted molar refractivity (Wildman–Crippen MR) is 76.7 cm³/mol. The van der Waals surface area contributed by atoms with Crippen molar-refractivity contribution in [3.8, 4) is 0 Å². The number of hydrogen-bond donors (Lipinski definition) is 1. The van der Waals surface area contributed by atoms with E-state index in [-0.39, 0.29) is 5.91 Å². The van der Waals surface area contributed by atoms with Gasteiger partial charge in [0.25, 0.3) is 5.91 Å². The maximum absolute atomic E-state index is 12.3. The summed E-state index contributed by atoms with van der Waals surface area (Å²) < 4.78 is 1.01. The molecule has 1 aliphatic heterocycles. The van der Waals surface area contributed by atoms with Gasteiger partial charge in [0, 0.05) is 23.1 Å². The van der Waals surface area contributed by atoms with E-state index in [0.717, 1.165) is 42.5 Å². The number of likely N-dealkylation sites (tertiary alicyclic amines) is 1. The SMILES string of the molecule is CNCC1CCN(C(=O)c2ccc(Br)cc2)CC1. The molecule has 98 valence electrons. The average Bonchev–Trinajstić information content (AvgIpc) is 2.40. The van der Waals surface area contributed by atoms with E-state index in [1.54, 1.807) is 0 Å². The van der Waals surface area contributed by atoms with Crippen molar-refractivity contribution in [2.24, 2.45) is 5.92 Å². The molecule has 0 atom stereocenters. The first kappa shape index (κ1) is 13.6. The molecule has 1 N–H and O–H groups in total. The molecule has 4 heteroatoms. The van der Waals surface area contributed by atoms with Gasteiger partial charge in [-0.1, -0.05) is 15.9 Å². The molecule has 0 bridgehead atoms. The van der Waals surface area contributed by atoms with Crippen LogP contribution in [0, 0.1) is 5.92 Å². The van der Waals surface area contributed by atoms with E-state index < -0.39 is 0 Å². The Morgan fingerprint density at radius 2 is 1.94 bits per heavy atom. The number of carbonyl (C=O) groups is 1. The number of halogens is 1. The summed E-state index contributed by atoms with van der Waals surface area (Å²) >= 11 is 3.38. The maximum atomic E-state index is 12.3. The summed E-state index contributed by atoms with van der Waals surface area (Å²) in [5.41, 5.74) is 0.783. The van der Waals surface area contributed by atoms with Crippen LogP contribution in [0.1, 0.15) is 23.2 Å². The number of benzene rings is 1. The molecule has 1 saturated heterocycles. The zero-order chi connectivity index (χ0) is 13.0. The monoisotopic (exact) mass is 310 g/mol. The van der Waals surface area contributed by atoms with E-state index in [9.17, 15) is 4.79 Å². The predicted octanol–water partition coefficient (Wildman–Crippen LogP) is 2.52. The lowest BCUT2D eigenvalue weighted by atomic mass is 9.96. The van der Waals surface area contributed by atoms with Crippen LogP contribution >= 0.6 is 15.9 Å². The van der Waals surface area contributed by atoms with Crippen LogP contribution in [-0.2, 0) is 0 Å². The largest absolute Gasteiger partial charge is 0.339 e. The summed E-state index contributed by atoms with van der Waals surface area (Å²) in [7, 11) is 1.99. The number of carbonyl (C=O) groups excluding carboxylic acids is 1. The molecule has 1 aromatic rings. The molecule has 1 heterocycles. The Morgan fingerprint density at radius 1 is 1.33 bits per heavy atom. The third-order valence-corrected chi connectivity index (χ3v) is 4.01. The number of rotatable bonds is 3. The lowest BCUT2D eigenvalue weighted by Gasteiger charge is -2.32. The molecule has 1 amide bonds. The van der Waals surface area contributed by atoms with Crippen molar-refractivity contribution in [1.82, 2.24) is 10.2 Å². The van der Waals surface area contributed by atoms with E-state index in [2.05, 4.69) is 21.2 Å². The molecule has 3 nitrogen and oxygen atoms in total. The minimum Gasteiger partial charge on any atom is -0.339 e. The first-order chi connectivity index (χ1) is 8.70. The quantitative estimate of drug-likeness (QED) is 0.930. The fourth-order valence-electron chi connectivity index (χ4n) is 2.40. The second kappa shape index (κ2) is 6.34. The Morgan fingerprint density at radius 3 is 2.50 bits per heavy atom. The highest BCUT2D eigenvalue weighted by Crippen LogP contribution is 2.19. The van der Waals surface area contributed by atoms with Crippen molar-refractivity contribution in [1.29, 1.82) is 0 Å². The Balaban J connectivity index is 1.93. The zero-order valence-corrected chi connectivity index (χ0v) is 12.2. The smallest absolute Gasteiger partial charge is 0.253 e. The highest BCUT2D eigenvalue weighted by atomic mass is 79.9. The van der Waals surface area contributed by atoms with E-state index >= 15 is 0 Å². The van der Waals surface area contributed by atoms with Crippen LogP contribution in [0.25, 0.3) is 0 Å². The standard InChI is InChI=1S/C14H19BrN2O/c1-16-10-11-6-8-17(9-7-11)14(18)12-2-4-13(15)5-3-12/h2-5,11,16H,6-10H2,1H3. The molecule has 1 fully saturated rings. The fraction of sp³-hybridized carbons (Fsp3) is 0.500. The molecule has 0 spiro atoms. The van der Waals surface area contributed by atoms with Crippen LogP contribution in [0.4, 0.5) is 0 Å². The van der Waals surface area contributed by atoms with Crippen molar-refractivity contribution in [3.63, 3.8) is 0 Å². The van der Waals surface area contributed by atoms with Crippen LogP contribution in [0.5, 0.6) is 0 Å². The van der Waals surface area contributed by atoms with Gasteiger partial charge in [-0.25, -0.2) is 0 Å². The van der Waals surface area contributed by atoms with E-state index in [1.807, 2.05) is 36.2 Å². The number of nitrogens with one attached hydrogen (secondary N) is 1. The minimum absolute atomic E-state index is 0.158. The van der Waals surface area contributed by atoms with Crippen molar-refractivity contribution >= 4 is 21.8 Å². The summed E-state index contributed by atoms with van der Waals surface area (Å²) in [5, 5.41) is 3.21. The molecule has 0 aliphatic carbocycles. The number of hydrogen-bond acceptors (Lipinski definition) is 2. The Hall–Kier alpha value is -0.870. The van der Waals surface area contributed by atoms with Gasteiger partial charge in [-0.05, 0) is 56.6 Å². The molecular formula is C14H19BrN2O. The molecule has 0 aromatic heterocycles. The van der Waals surface area contributed by atoms with Gasteiger partial charge in [0.2, 0.25) is 0 Å². The normalized spacial score (nSPS) is 16.9. The second-order valence-corrected chi connectivity index (χ2v) is 5.72. The lowest BCUT2D eigenvalue weighted by molar-refractivity contribution is 0.0691. The van der Waals surface area contributed by atoms with Gasteiger partial charge in [0.05, 0.1) is 0 Å². The summed E-state index contributed by atoms with van der Waals surface area (Å²) in [6.45, 7) is 2.81. The molecule has 0 saturated carbocycles. The van der Waals surface area contributed by atoms with Gasteiger partial charge >= 0.3 is 0 Å². The number of piperidine rings is 1. The highest BCUT2D eigenvalue weighted by molar-refractivity contribution is 9.10. The summed E-state index contributed by atoms with van der Waals surface area (Å²) in [4.78, 5) is 14.2. The van der Waals surface area contributed by atoms with Crippen LogP contribution in [0.2, 0.25) is 0 Å². The number of nitrogens with zero attached hydrogens (tertiary/aromatic N) is 1. The zero-order valence-electron chi connectivity index (χ0n) is 10.7. The molecular weight excluding hydrogens is 292 g/mol. The first-order valence-corrected chi connectivity index (χ1v) is 7.19. The molecule has 1 aliphatic rings. The van der Waals surface area contributed by atoms with Gasteiger partial charge in [0.15, 0.2) is 0 Å². The topological polar surface area (TPSA) is 32.3 Å². The molecule has 1 aromatic carbocycles. The summed E-state index contributed by atoms with van der Waals surface area (Å²) in [5.74, 6) is 0.870. The average molecular weight is 311 g/mol. The van der Waals surface area contributed by atoms with Crippen molar-refractivity contribution in [2.75, 3.05) is 26.7 Å². The third-order valence-electron chi connectivity index (χ3n) is 3.49. The van der Waals surface area contributed by atoms with Crippen LogP contribution in [-0.4, -0.2) is 37.5 Å². The summed E-state index contributed by atoms with van der Waals surface area (Å²) in [6.07, 6.45) is 2.20. The van der Waals surface area contributed by atoms with E-state index in [4.69, 9.17) is 0 Å². The number of amides is 1. The van der Waals surface area contributed by atoms with Crippen molar-refractivity contribution in [3.05, 3.63) is 34.3 Å². The second-order valence-electron chi connectivity index (χ2n) is 4.80. The van der Waals surface area contributed by atoms with Crippen molar-refractivity contribution < 1.29 is 4.79 Å². The Bertz CT molecular complexity index is 397. The molecule has 2 rings (SSSR count). The fourth-order valence-corrected chi connectivity index (χ4v) is 2.67. The minimum atomic E-state index is 0.158. The summed E-state index contributed by atoms with van der Waals surface area (Å²) in [6, 6.07) is 7.60. The Labute approximate surface area is 117 Å². The van der Waals surface area contributed by atoms with Crippen LogP contribution in [0.15, 0.2) is 28.7 Å². The van der Waals surface area contributed by atoms with E-state index in [1.165, 1.54) is 0 Å². The van der Waals surface area contributed by atoms with Gasteiger partial charge in [-0.2, -0.15) is 0 Å². The van der Waals surface area contributed by atoms with Gasteiger partial charge in [-0.15, -0.1) is 0 Å².